The van der Waals surface area contributed by atoms with Crippen LogP contribution in [-0.4, -0.2) is 24.4 Å². The predicted molar refractivity (Wildman–Crippen MR) is 26.0 cm³/mol. The van der Waals surface area contributed by atoms with Crippen LogP contribution < -0.4 is 0 Å². The fraction of sp³-hybridized carbons (Fsp3) is 1.00. The molecule has 0 aromatic rings. The van der Waals surface area contributed by atoms with E-state index in [1.54, 1.807) is 7.11 Å². The first-order chi connectivity index (χ1) is 3.33. The SMILES string of the molecule is COC1CC(O)C1. The van der Waals surface area contributed by atoms with Gasteiger partial charge in [0.15, 0.2) is 0 Å². The summed E-state index contributed by atoms with van der Waals surface area (Å²) < 4.78 is 4.90. The minimum Gasteiger partial charge on any atom is -0.393 e. The summed E-state index contributed by atoms with van der Waals surface area (Å²) in [7, 11) is 1.68. The lowest BCUT2D eigenvalue weighted by molar-refractivity contribution is -0.0498. The number of hydrogen-bond donors (Lipinski definition) is 1. The Kier molecular flexibility index (Phi) is 1.30. The van der Waals surface area contributed by atoms with Gasteiger partial charge in [0.05, 0.1) is 12.2 Å². The van der Waals surface area contributed by atoms with Gasteiger partial charge in [-0.2, -0.15) is 0 Å². The predicted octanol–water partition coefficient (Wildman–Crippen LogP) is 0.156. The van der Waals surface area contributed by atoms with Crippen molar-refractivity contribution in [3.63, 3.8) is 0 Å². The molecule has 2 heteroatoms. The molecule has 0 radical (unpaired) electrons. The maximum Gasteiger partial charge on any atom is 0.0620 e. The Morgan fingerprint density at radius 3 is 2.29 bits per heavy atom. The van der Waals surface area contributed by atoms with Gasteiger partial charge in [0.25, 0.3) is 0 Å². The molecular weight excluding hydrogens is 92.1 g/mol. The van der Waals surface area contributed by atoms with Crippen LogP contribution >= 0.6 is 0 Å². The van der Waals surface area contributed by atoms with Crippen LogP contribution in [0.4, 0.5) is 0 Å². The Hall–Kier alpha value is -0.0800. The lowest BCUT2D eigenvalue weighted by atomic mass is 9.92. The number of hydrogen-bond acceptors (Lipinski definition) is 2. The summed E-state index contributed by atoms with van der Waals surface area (Å²) in [5.41, 5.74) is 0. The fourth-order valence-electron chi connectivity index (χ4n) is 0.730. The molecule has 1 rings (SSSR count). The van der Waals surface area contributed by atoms with Gasteiger partial charge in [-0.05, 0) is 12.8 Å². The zero-order valence-electron chi connectivity index (χ0n) is 4.42. The van der Waals surface area contributed by atoms with Gasteiger partial charge in [-0.1, -0.05) is 0 Å². The molecule has 1 saturated carbocycles. The zero-order valence-corrected chi connectivity index (χ0v) is 4.42. The summed E-state index contributed by atoms with van der Waals surface area (Å²) in [4.78, 5) is 0. The molecule has 0 saturated heterocycles. The van der Waals surface area contributed by atoms with Crippen LogP contribution in [0, 0.1) is 0 Å². The van der Waals surface area contributed by atoms with Crippen molar-refractivity contribution in [2.24, 2.45) is 0 Å². The minimum absolute atomic E-state index is 0.0788. The Morgan fingerprint density at radius 2 is 2.14 bits per heavy atom. The Balaban J connectivity index is 2.06. The summed E-state index contributed by atoms with van der Waals surface area (Å²) in [6.45, 7) is 0. The van der Waals surface area contributed by atoms with Crippen LogP contribution in [0.1, 0.15) is 12.8 Å². The second-order valence-corrected chi connectivity index (χ2v) is 1.98. The maximum atomic E-state index is 8.67. The molecular formula is C5H10O2. The molecule has 0 aromatic heterocycles. The van der Waals surface area contributed by atoms with Crippen molar-refractivity contribution in [2.45, 2.75) is 25.0 Å². The van der Waals surface area contributed by atoms with Crippen LogP contribution in [0.3, 0.4) is 0 Å². The first-order valence-corrected chi connectivity index (χ1v) is 2.54. The molecule has 1 fully saturated rings. The maximum absolute atomic E-state index is 8.67. The molecule has 0 spiro atoms. The lowest BCUT2D eigenvalue weighted by Gasteiger charge is -2.29. The smallest absolute Gasteiger partial charge is 0.0620 e. The molecule has 0 aliphatic heterocycles. The van der Waals surface area contributed by atoms with E-state index in [1.807, 2.05) is 0 Å². The minimum atomic E-state index is -0.0788. The zero-order chi connectivity index (χ0) is 5.28. The Labute approximate surface area is 43.1 Å². The number of aliphatic hydroxyl groups excluding tert-OH is 1. The highest BCUT2D eigenvalue weighted by Crippen LogP contribution is 2.21. The van der Waals surface area contributed by atoms with Gasteiger partial charge in [0.1, 0.15) is 0 Å². The van der Waals surface area contributed by atoms with Gasteiger partial charge in [0.2, 0.25) is 0 Å². The lowest BCUT2D eigenvalue weighted by Crippen LogP contribution is -2.34. The van der Waals surface area contributed by atoms with Crippen molar-refractivity contribution in [3.05, 3.63) is 0 Å². The summed E-state index contributed by atoms with van der Waals surface area (Å²) in [6, 6.07) is 0. The van der Waals surface area contributed by atoms with Gasteiger partial charge in [-0.25, -0.2) is 0 Å². The fourth-order valence-corrected chi connectivity index (χ4v) is 0.730. The number of rotatable bonds is 1. The number of methoxy groups -OCH3 is 1. The van der Waals surface area contributed by atoms with Crippen molar-refractivity contribution in [2.75, 3.05) is 7.11 Å². The van der Waals surface area contributed by atoms with Crippen molar-refractivity contribution in [1.29, 1.82) is 0 Å². The largest absolute Gasteiger partial charge is 0.393 e. The molecule has 2 nitrogen and oxygen atoms in total. The molecule has 0 unspecified atom stereocenters. The quantitative estimate of drug-likeness (QED) is 0.511. The molecule has 0 atom stereocenters. The first kappa shape index (κ1) is 5.06. The third-order valence-corrected chi connectivity index (χ3v) is 1.40. The number of ether oxygens (including phenoxy) is 1. The molecule has 0 amide bonds. The average molecular weight is 102 g/mol. The summed E-state index contributed by atoms with van der Waals surface area (Å²) >= 11 is 0. The molecule has 0 aromatic carbocycles. The van der Waals surface area contributed by atoms with Crippen LogP contribution in [-0.2, 0) is 4.74 Å². The molecule has 1 N–H and O–H groups in total. The molecule has 1 aliphatic rings. The van der Waals surface area contributed by atoms with E-state index < -0.39 is 0 Å². The van der Waals surface area contributed by atoms with Gasteiger partial charge < -0.3 is 9.84 Å². The second kappa shape index (κ2) is 1.80. The molecule has 0 bridgehead atoms. The van der Waals surface area contributed by atoms with E-state index in [4.69, 9.17) is 9.84 Å². The topological polar surface area (TPSA) is 29.5 Å². The highest BCUT2D eigenvalue weighted by atomic mass is 16.5. The van der Waals surface area contributed by atoms with Crippen molar-refractivity contribution in [3.8, 4) is 0 Å². The van der Waals surface area contributed by atoms with Gasteiger partial charge in [-0.15, -0.1) is 0 Å². The highest BCUT2D eigenvalue weighted by Gasteiger charge is 2.26. The van der Waals surface area contributed by atoms with Crippen LogP contribution in [0.5, 0.6) is 0 Å². The van der Waals surface area contributed by atoms with E-state index in [2.05, 4.69) is 0 Å². The molecule has 7 heavy (non-hydrogen) atoms. The molecule has 0 heterocycles. The van der Waals surface area contributed by atoms with Crippen LogP contribution in [0.25, 0.3) is 0 Å². The van der Waals surface area contributed by atoms with Crippen molar-refractivity contribution >= 4 is 0 Å². The molecule has 42 valence electrons. The van der Waals surface area contributed by atoms with Crippen molar-refractivity contribution in [1.82, 2.24) is 0 Å². The Bertz CT molecular complexity index is 57.1. The Morgan fingerprint density at radius 1 is 1.57 bits per heavy atom. The van der Waals surface area contributed by atoms with Crippen LogP contribution in [0.2, 0.25) is 0 Å². The average Bonchev–Trinajstić information content (AvgIpc) is 1.58. The third kappa shape index (κ3) is 0.924. The van der Waals surface area contributed by atoms with Crippen LogP contribution in [0.15, 0.2) is 0 Å². The second-order valence-electron chi connectivity index (χ2n) is 1.98. The molecule has 1 aliphatic carbocycles. The van der Waals surface area contributed by atoms with E-state index in [0.29, 0.717) is 6.10 Å². The summed E-state index contributed by atoms with van der Waals surface area (Å²) in [6.07, 6.45) is 1.92. The summed E-state index contributed by atoms with van der Waals surface area (Å²) in [5, 5.41) is 8.67. The van der Waals surface area contributed by atoms with Gasteiger partial charge >= 0.3 is 0 Å². The highest BCUT2D eigenvalue weighted by molar-refractivity contribution is 4.78. The van der Waals surface area contributed by atoms with Gasteiger partial charge in [-0.3, -0.25) is 0 Å². The van der Waals surface area contributed by atoms with Gasteiger partial charge in [0, 0.05) is 7.11 Å². The third-order valence-electron chi connectivity index (χ3n) is 1.40. The first-order valence-electron chi connectivity index (χ1n) is 2.54. The van der Waals surface area contributed by atoms with Crippen molar-refractivity contribution < 1.29 is 9.84 Å². The normalized spacial score (nSPS) is 40.3. The van der Waals surface area contributed by atoms with E-state index in [-0.39, 0.29) is 6.10 Å². The van der Waals surface area contributed by atoms with E-state index in [0.717, 1.165) is 12.8 Å². The summed E-state index contributed by atoms with van der Waals surface area (Å²) in [5.74, 6) is 0. The van der Waals surface area contributed by atoms with E-state index in [9.17, 15) is 0 Å². The monoisotopic (exact) mass is 102 g/mol. The number of aliphatic hydroxyl groups is 1. The van der Waals surface area contributed by atoms with E-state index in [1.165, 1.54) is 0 Å². The standard InChI is InChI=1S/C5H10O2/c1-7-5-2-4(6)3-5/h4-6H,2-3H2,1H3. The van der Waals surface area contributed by atoms with E-state index >= 15 is 0 Å².